The predicted octanol–water partition coefficient (Wildman–Crippen LogP) is 2.39. The first-order valence-electron chi connectivity index (χ1n) is 6.52. The lowest BCUT2D eigenvalue weighted by Crippen LogP contribution is -2.33. The molecule has 0 aliphatic rings. The molecule has 0 saturated carbocycles. The van der Waals surface area contributed by atoms with Gasteiger partial charge in [-0.05, 0) is 45.7 Å². The molecule has 106 valence electrons. The van der Waals surface area contributed by atoms with E-state index in [1.165, 1.54) is 0 Å². The summed E-state index contributed by atoms with van der Waals surface area (Å²) in [5, 5.41) is 2.71. The van der Waals surface area contributed by atoms with Crippen molar-refractivity contribution in [2.45, 2.75) is 45.3 Å². The van der Waals surface area contributed by atoms with Crippen LogP contribution in [0.25, 0.3) is 0 Å². The Morgan fingerprint density at radius 1 is 1.47 bits per heavy atom. The number of nitrogens with zero attached hydrogens (tertiary/aromatic N) is 1. The van der Waals surface area contributed by atoms with Gasteiger partial charge >= 0.3 is 6.09 Å². The molecule has 1 aromatic rings. The molecule has 1 heterocycles. The standard InChI is InChI=1S/C14H23N3O2/c1-14(2,3)19-13(18)17-10-6-7-11(15)12-8-4-5-9-16-12/h4-5,8-9,11H,6-7,10,15H2,1-3H3,(H,17,18). The highest BCUT2D eigenvalue weighted by atomic mass is 16.6. The summed E-state index contributed by atoms with van der Waals surface area (Å²) >= 11 is 0. The van der Waals surface area contributed by atoms with Crippen LogP contribution < -0.4 is 11.1 Å². The van der Waals surface area contributed by atoms with Gasteiger partial charge in [0.15, 0.2) is 0 Å². The summed E-state index contributed by atoms with van der Waals surface area (Å²) in [6.45, 7) is 6.06. The van der Waals surface area contributed by atoms with E-state index >= 15 is 0 Å². The second-order valence-electron chi connectivity index (χ2n) is 5.43. The van der Waals surface area contributed by atoms with Gasteiger partial charge in [-0.2, -0.15) is 0 Å². The van der Waals surface area contributed by atoms with Crippen LogP contribution in [0.3, 0.4) is 0 Å². The molecule has 0 radical (unpaired) electrons. The third kappa shape index (κ3) is 6.76. The molecular weight excluding hydrogens is 242 g/mol. The zero-order chi connectivity index (χ0) is 14.3. The summed E-state index contributed by atoms with van der Waals surface area (Å²) in [6, 6.07) is 5.59. The van der Waals surface area contributed by atoms with Gasteiger partial charge in [0.25, 0.3) is 0 Å². The van der Waals surface area contributed by atoms with Crippen LogP contribution in [0.2, 0.25) is 0 Å². The Morgan fingerprint density at radius 3 is 2.79 bits per heavy atom. The Kier molecular flexibility index (Phi) is 5.76. The maximum absolute atomic E-state index is 11.4. The third-order valence-electron chi connectivity index (χ3n) is 2.43. The van der Waals surface area contributed by atoms with Crippen LogP contribution in [0.4, 0.5) is 4.79 Å². The zero-order valence-electron chi connectivity index (χ0n) is 11.8. The van der Waals surface area contributed by atoms with Crippen LogP contribution >= 0.6 is 0 Å². The smallest absolute Gasteiger partial charge is 0.407 e. The van der Waals surface area contributed by atoms with E-state index in [1.807, 2.05) is 39.0 Å². The van der Waals surface area contributed by atoms with E-state index in [2.05, 4.69) is 10.3 Å². The Labute approximate surface area is 114 Å². The molecule has 0 aliphatic heterocycles. The van der Waals surface area contributed by atoms with Crippen LogP contribution in [-0.4, -0.2) is 23.2 Å². The number of ether oxygens (including phenoxy) is 1. The lowest BCUT2D eigenvalue weighted by molar-refractivity contribution is 0.0526. The molecule has 0 aromatic carbocycles. The quantitative estimate of drug-likeness (QED) is 0.801. The van der Waals surface area contributed by atoms with Gasteiger partial charge in [0.2, 0.25) is 0 Å². The first-order valence-corrected chi connectivity index (χ1v) is 6.52. The molecule has 19 heavy (non-hydrogen) atoms. The SMILES string of the molecule is CC(C)(C)OC(=O)NCCCC(N)c1ccccn1. The van der Waals surface area contributed by atoms with E-state index in [1.54, 1.807) is 6.20 Å². The fraction of sp³-hybridized carbons (Fsp3) is 0.571. The molecule has 1 rings (SSSR count). The van der Waals surface area contributed by atoms with Crippen molar-refractivity contribution in [1.82, 2.24) is 10.3 Å². The number of carbonyl (C=O) groups excluding carboxylic acids is 1. The third-order valence-corrected chi connectivity index (χ3v) is 2.43. The number of aromatic nitrogens is 1. The largest absolute Gasteiger partial charge is 0.444 e. The number of amides is 1. The van der Waals surface area contributed by atoms with Crippen molar-refractivity contribution in [2.24, 2.45) is 5.73 Å². The van der Waals surface area contributed by atoms with Gasteiger partial charge in [-0.25, -0.2) is 4.79 Å². The topological polar surface area (TPSA) is 77.2 Å². The minimum Gasteiger partial charge on any atom is -0.444 e. The number of carbonyl (C=O) groups is 1. The van der Waals surface area contributed by atoms with Gasteiger partial charge in [-0.3, -0.25) is 4.98 Å². The summed E-state index contributed by atoms with van der Waals surface area (Å²) in [4.78, 5) is 15.6. The van der Waals surface area contributed by atoms with Crippen molar-refractivity contribution in [3.05, 3.63) is 30.1 Å². The second-order valence-corrected chi connectivity index (χ2v) is 5.43. The van der Waals surface area contributed by atoms with Crippen molar-refractivity contribution >= 4 is 6.09 Å². The molecule has 0 spiro atoms. The lowest BCUT2D eigenvalue weighted by atomic mass is 10.1. The highest BCUT2D eigenvalue weighted by Gasteiger charge is 2.15. The number of alkyl carbamates (subject to hydrolysis) is 1. The zero-order valence-corrected chi connectivity index (χ0v) is 11.8. The maximum Gasteiger partial charge on any atom is 0.407 e. The van der Waals surface area contributed by atoms with Gasteiger partial charge in [-0.15, -0.1) is 0 Å². The highest BCUT2D eigenvalue weighted by molar-refractivity contribution is 5.67. The Bertz CT molecular complexity index is 387. The summed E-state index contributed by atoms with van der Waals surface area (Å²) in [6.07, 6.45) is 2.90. The van der Waals surface area contributed by atoms with E-state index in [0.717, 1.165) is 18.5 Å². The second kappa shape index (κ2) is 7.09. The fourth-order valence-corrected chi connectivity index (χ4v) is 1.57. The molecule has 5 nitrogen and oxygen atoms in total. The van der Waals surface area contributed by atoms with E-state index in [-0.39, 0.29) is 12.1 Å². The van der Waals surface area contributed by atoms with Crippen molar-refractivity contribution in [1.29, 1.82) is 0 Å². The number of hydrogen-bond acceptors (Lipinski definition) is 4. The number of nitrogens with one attached hydrogen (secondary N) is 1. The molecule has 0 saturated heterocycles. The van der Waals surface area contributed by atoms with Gasteiger partial charge < -0.3 is 15.8 Å². The van der Waals surface area contributed by atoms with Crippen LogP contribution in [0.1, 0.15) is 45.3 Å². The number of pyridine rings is 1. The van der Waals surface area contributed by atoms with Gasteiger partial charge in [0.1, 0.15) is 5.60 Å². The molecule has 0 aliphatic carbocycles. The Hall–Kier alpha value is -1.62. The van der Waals surface area contributed by atoms with Gasteiger partial charge in [-0.1, -0.05) is 6.07 Å². The van der Waals surface area contributed by atoms with E-state index in [0.29, 0.717) is 6.54 Å². The van der Waals surface area contributed by atoms with Crippen LogP contribution in [0.15, 0.2) is 24.4 Å². The Balaban J connectivity index is 2.19. The molecule has 1 amide bonds. The molecular formula is C14H23N3O2. The van der Waals surface area contributed by atoms with Crippen molar-refractivity contribution in [3.8, 4) is 0 Å². The van der Waals surface area contributed by atoms with Crippen LogP contribution in [-0.2, 0) is 4.74 Å². The number of nitrogens with two attached hydrogens (primary N) is 1. The fourth-order valence-electron chi connectivity index (χ4n) is 1.57. The van der Waals surface area contributed by atoms with Crippen molar-refractivity contribution < 1.29 is 9.53 Å². The Morgan fingerprint density at radius 2 is 2.21 bits per heavy atom. The van der Waals surface area contributed by atoms with Crippen molar-refractivity contribution in [3.63, 3.8) is 0 Å². The molecule has 0 fully saturated rings. The van der Waals surface area contributed by atoms with Gasteiger partial charge in [0, 0.05) is 18.8 Å². The highest BCUT2D eigenvalue weighted by Crippen LogP contribution is 2.12. The van der Waals surface area contributed by atoms with Crippen LogP contribution in [0, 0.1) is 0 Å². The van der Waals surface area contributed by atoms with E-state index < -0.39 is 5.60 Å². The van der Waals surface area contributed by atoms with E-state index in [9.17, 15) is 4.79 Å². The van der Waals surface area contributed by atoms with E-state index in [4.69, 9.17) is 10.5 Å². The average Bonchev–Trinajstić information content (AvgIpc) is 2.33. The first kappa shape index (κ1) is 15.4. The summed E-state index contributed by atoms with van der Waals surface area (Å²) < 4.78 is 5.14. The minimum absolute atomic E-state index is 0.0957. The summed E-state index contributed by atoms with van der Waals surface area (Å²) in [7, 11) is 0. The normalized spacial score (nSPS) is 12.8. The first-order chi connectivity index (χ1) is 8.88. The molecule has 0 bridgehead atoms. The molecule has 1 unspecified atom stereocenters. The number of hydrogen-bond donors (Lipinski definition) is 2. The van der Waals surface area contributed by atoms with Gasteiger partial charge in [0.05, 0.1) is 5.69 Å². The predicted molar refractivity (Wildman–Crippen MR) is 74.6 cm³/mol. The average molecular weight is 265 g/mol. The summed E-state index contributed by atoms with van der Waals surface area (Å²) in [5.74, 6) is 0. The summed E-state index contributed by atoms with van der Waals surface area (Å²) in [5.41, 5.74) is 6.42. The minimum atomic E-state index is -0.464. The number of rotatable bonds is 5. The van der Waals surface area contributed by atoms with Crippen LogP contribution in [0.5, 0.6) is 0 Å². The molecule has 5 heteroatoms. The molecule has 1 aromatic heterocycles. The monoisotopic (exact) mass is 265 g/mol. The molecule has 3 N–H and O–H groups in total. The molecule has 1 atom stereocenters. The van der Waals surface area contributed by atoms with Crippen molar-refractivity contribution in [2.75, 3.05) is 6.54 Å². The maximum atomic E-state index is 11.4. The lowest BCUT2D eigenvalue weighted by Gasteiger charge is -2.19.